The third kappa shape index (κ3) is 6.55. The van der Waals surface area contributed by atoms with Gasteiger partial charge in [0.05, 0.1) is 35.1 Å². The Morgan fingerprint density at radius 3 is 2.53 bits per heavy atom. The summed E-state index contributed by atoms with van der Waals surface area (Å²) < 4.78 is 36.6. The lowest BCUT2D eigenvalue weighted by atomic mass is 9.98. The van der Waals surface area contributed by atoms with Crippen molar-refractivity contribution in [2.24, 2.45) is 5.92 Å². The standard InChI is InChI=1S/C23H24N4O8S/c1-2-34-23(31)18-8-16(9-24)21(25-19(18)13-35-20(29)12-28)27-10-17(11-27)22(30)26-36(32,33)14-15-6-4-3-5-7-15/h3-8,17,28H,2,10-14H2,1H3,(H,26,30). The molecule has 0 aliphatic carbocycles. The first kappa shape index (κ1) is 26.6. The van der Waals surface area contributed by atoms with E-state index in [9.17, 15) is 28.1 Å². The molecule has 1 amide bonds. The maximum absolute atomic E-state index is 12.5. The number of sulfonamides is 1. The van der Waals surface area contributed by atoms with Gasteiger partial charge in [0.1, 0.15) is 25.1 Å². The summed E-state index contributed by atoms with van der Waals surface area (Å²) in [5, 5.41) is 18.5. The van der Waals surface area contributed by atoms with Crippen LogP contribution < -0.4 is 9.62 Å². The minimum Gasteiger partial charge on any atom is -0.462 e. The first-order valence-corrected chi connectivity index (χ1v) is 12.5. The number of aliphatic hydroxyl groups is 1. The van der Waals surface area contributed by atoms with E-state index in [2.05, 4.69) is 9.71 Å². The highest BCUT2D eigenvalue weighted by molar-refractivity contribution is 7.89. The Morgan fingerprint density at radius 1 is 1.22 bits per heavy atom. The average molecular weight is 517 g/mol. The Balaban J connectivity index is 1.74. The molecule has 36 heavy (non-hydrogen) atoms. The molecule has 12 nitrogen and oxygen atoms in total. The largest absolute Gasteiger partial charge is 0.462 e. The summed E-state index contributed by atoms with van der Waals surface area (Å²) in [6.07, 6.45) is 0. The van der Waals surface area contributed by atoms with Crippen molar-refractivity contribution < 1.29 is 37.4 Å². The van der Waals surface area contributed by atoms with Crippen LogP contribution in [0.2, 0.25) is 0 Å². The normalized spacial score (nSPS) is 13.3. The third-order valence-electron chi connectivity index (χ3n) is 5.20. The number of nitrogens with one attached hydrogen (secondary N) is 1. The summed E-state index contributed by atoms with van der Waals surface area (Å²) in [6, 6.07) is 11.6. The molecular weight excluding hydrogens is 492 g/mol. The Labute approximate surface area is 207 Å². The molecule has 0 bridgehead atoms. The highest BCUT2D eigenvalue weighted by Crippen LogP contribution is 2.29. The monoisotopic (exact) mass is 516 g/mol. The number of hydrogen-bond donors (Lipinski definition) is 2. The van der Waals surface area contributed by atoms with Crippen molar-refractivity contribution in [2.45, 2.75) is 19.3 Å². The zero-order chi connectivity index (χ0) is 26.3. The molecule has 0 spiro atoms. The summed E-state index contributed by atoms with van der Waals surface area (Å²) in [5.41, 5.74) is 0.477. The molecule has 0 saturated carbocycles. The highest BCUT2D eigenvalue weighted by Gasteiger charge is 2.37. The van der Waals surface area contributed by atoms with Crippen molar-refractivity contribution in [1.82, 2.24) is 9.71 Å². The number of benzene rings is 1. The van der Waals surface area contributed by atoms with Crippen LogP contribution in [-0.2, 0) is 41.4 Å². The van der Waals surface area contributed by atoms with E-state index in [1.54, 1.807) is 42.2 Å². The van der Waals surface area contributed by atoms with Crippen molar-refractivity contribution in [3.63, 3.8) is 0 Å². The van der Waals surface area contributed by atoms with Crippen LogP contribution in [0.4, 0.5) is 5.82 Å². The molecule has 2 heterocycles. The van der Waals surface area contributed by atoms with Crippen LogP contribution in [0.25, 0.3) is 0 Å². The van der Waals surface area contributed by atoms with Gasteiger partial charge in [0.2, 0.25) is 15.9 Å². The van der Waals surface area contributed by atoms with Crippen LogP contribution >= 0.6 is 0 Å². The lowest BCUT2D eigenvalue weighted by Gasteiger charge is -2.39. The number of amides is 1. The molecule has 0 radical (unpaired) electrons. The minimum absolute atomic E-state index is 0.00240. The number of ether oxygens (including phenoxy) is 2. The molecule has 1 aromatic heterocycles. The van der Waals surface area contributed by atoms with Gasteiger partial charge >= 0.3 is 11.9 Å². The van der Waals surface area contributed by atoms with Crippen LogP contribution in [-0.4, -0.2) is 62.7 Å². The molecule has 1 aromatic carbocycles. The van der Waals surface area contributed by atoms with Gasteiger partial charge in [-0.1, -0.05) is 30.3 Å². The molecule has 0 unspecified atom stereocenters. The first-order valence-electron chi connectivity index (χ1n) is 10.9. The first-order chi connectivity index (χ1) is 17.2. The molecule has 190 valence electrons. The molecule has 3 rings (SSSR count). The van der Waals surface area contributed by atoms with Crippen LogP contribution in [0.5, 0.6) is 0 Å². The van der Waals surface area contributed by atoms with E-state index in [0.717, 1.165) is 0 Å². The van der Waals surface area contributed by atoms with E-state index in [-0.39, 0.29) is 48.1 Å². The van der Waals surface area contributed by atoms with E-state index < -0.39 is 47.0 Å². The van der Waals surface area contributed by atoms with E-state index >= 15 is 0 Å². The summed E-state index contributed by atoms with van der Waals surface area (Å²) >= 11 is 0. The lowest BCUT2D eigenvalue weighted by molar-refractivity contribution is -0.148. The van der Waals surface area contributed by atoms with E-state index in [1.807, 2.05) is 6.07 Å². The Morgan fingerprint density at radius 2 is 1.92 bits per heavy atom. The molecule has 2 aromatic rings. The van der Waals surface area contributed by atoms with Gasteiger partial charge in [0.15, 0.2) is 0 Å². The number of rotatable bonds is 10. The quantitative estimate of drug-likeness (QED) is 0.414. The number of nitriles is 1. The van der Waals surface area contributed by atoms with Gasteiger partial charge in [-0.3, -0.25) is 9.52 Å². The number of pyridine rings is 1. The number of aliphatic hydroxyl groups excluding tert-OH is 1. The SMILES string of the molecule is CCOC(=O)c1cc(C#N)c(N2CC(C(=O)NS(=O)(=O)Cc3ccccc3)C2)nc1COC(=O)CO. The molecule has 1 saturated heterocycles. The smallest absolute Gasteiger partial charge is 0.340 e. The number of nitrogens with zero attached hydrogens (tertiary/aromatic N) is 3. The molecule has 0 atom stereocenters. The topological polar surface area (TPSA) is 176 Å². The fourth-order valence-corrected chi connectivity index (χ4v) is 4.61. The number of aromatic nitrogens is 1. The fraction of sp³-hybridized carbons (Fsp3) is 0.348. The van der Waals surface area contributed by atoms with E-state index in [4.69, 9.17) is 14.6 Å². The van der Waals surface area contributed by atoms with Crippen molar-refractivity contribution in [1.29, 1.82) is 5.26 Å². The summed E-state index contributed by atoms with van der Waals surface area (Å²) in [4.78, 5) is 42.1. The highest BCUT2D eigenvalue weighted by atomic mass is 32.2. The van der Waals surface area contributed by atoms with E-state index in [1.165, 1.54) is 6.07 Å². The van der Waals surface area contributed by atoms with Gasteiger partial charge in [-0.2, -0.15) is 5.26 Å². The van der Waals surface area contributed by atoms with Crippen LogP contribution in [0, 0.1) is 17.2 Å². The zero-order valence-corrected chi connectivity index (χ0v) is 20.2. The maximum atomic E-state index is 12.5. The Hall–Kier alpha value is -4.02. The maximum Gasteiger partial charge on any atom is 0.340 e. The number of carbonyl (C=O) groups excluding carboxylic acids is 3. The summed E-state index contributed by atoms with van der Waals surface area (Å²) in [6.45, 7) is 0.484. The third-order valence-corrected chi connectivity index (χ3v) is 6.43. The molecule has 2 N–H and O–H groups in total. The summed E-state index contributed by atoms with van der Waals surface area (Å²) in [7, 11) is -3.90. The van der Waals surface area contributed by atoms with Gasteiger partial charge in [-0.15, -0.1) is 0 Å². The molecular formula is C23H24N4O8S. The number of esters is 2. The molecule has 13 heteroatoms. The zero-order valence-electron chi connectivity index (χ0n) is 19.3. The predicted octanol–water partition coefficient (Wildman–Crippen LogP) is 0.248. The van der Waals surface area contributed by atoms with Crippen molar-refractivity contribution in [3.05, 3.63) is 58.8 Å². The second-order valence-electron chi connectivity index (χ2n) is 7.82. The number of anilines is 1. The van der Waals surface area contributed by atoms with Crippen molar-refractivity contribution >= 4 is 33.7 Å². The summed E-state index contributed by atoms with van der Waals surface area (Å²) in [5.74, 6) is -3.27. The van der Waals surface area contributed by atoms with Gasteiger partial charge < -0.3 is 19.5 Å². The average Bonchev–Trinajstić information content (AvgIpc) is 2.81. The van der Waals surface area contributed by atoms with Gasteiger partial charge in [-0.25, -0.2) is 23.0 Å². The second-order valence-corrected chi connectivity index (χ2v) is 9.54. The second kappa shape index (κ2) is 11.6. The van der Waals surface area contributed by atoms with Crippen LogP contribution in [0.15, 0.2) is 36.4 Å². The van der Waals surface area contributed by atoms with Crippen molar-refractivity contribution in [2.75, 3.05) is 31.2 Å². The van der Waals surface area contributed by atoms with E-state index in [0.29, 0.717) is 5.56 Å². The lowest BCUT2D eigenvalue weighted by Crippen LogP contribution is -2.55. The van der Waals surface area contributed by atoms with Crippen molar-refractivity contribution in [3.8, 4) is 6.07 Å². The van der Waals surface area contributed by atoms with Crippen LogP contribution in [0.3, 0.4) is 0 Å². The predicted molar refractivity (Wildman–Crippen MR) is 125 cm³/mol. The molecule has 1 fully saturated rings. The molecule has 1 aliphatic heterocycles. The fourth-order valence-electron chi connectivity index (χ4n) is 3.44. The van der Waals surface area contributed by atoms with Crippen LogP contribution in [0.1, 0.15) is 34.1 Å². The van der Waals surface area contributed by atoms with Gasteiger partial charge in [0.25, 0.3) is 0 Å². The number of carbonyl (C=O) groups is 3. The van der Waals surface area contributed by atoms with Gasteiger partial charge in [0, 0.05) is 13.1 Å². The number of hydrogen-bond acceptors (Lipinski definition) is 11. The Bertz CT molecular complexity index is 1290. The molecule has 1 aliphatic rings. The minimum atomic E-state index is -3.90. The van der Waals surface area contributed by atoms with Gasteiger partial charge in [-0.05, 0) is 18.6 Å². The Kier molecular flexibility index (Phi) is 8.57.